The molecule has 25 heavy (non-hydrogen) atoms. The lowest BCUT2D eigenvalue weighted by molar-refractivity contribution is -0.117. The maximum absolute atomic E-state index is 11.8. The first-order chi connectivity index (χ1) is 11.9. The molecule has 2 aromatic rings. The molecule has 0 spiro atoms. The van der Waals surface area contributed by atoms with Crippen LogP contribution in [0, 0.1) is 0 Å². The van der Waals surface area contributed by atoms with Crippen LogP contribution in [0.25, 0.3) is 0 Å². The van der Waals surface area contributed by atoms with E-state index in [4.69, 9.17) is 15.2 Å². The van der Waals surface area contributed by atoms with Crippen LogP contribution in [-0.4, -0.2) is 16.9 Å². The zero-order valence-electron chi connectivity index (χ0n) is 14.7. The molecule has 0 saturated carbocycles. The fourth-order valence-electron chi connectivity index (χ4n) is 2.70. The Bertz CT molecular complexity index is 772. The van der Waals surface area contributed by atoms with Gasteiger partial charge in [-0.2, -0.15) is 0 Å². The molecule has 0 bridgehead atoms. The molecule has 1 aliphatic heterocycles. The lowest BCUT2D eigenvalue weighted by Crippen LogP contribution is -2.34. The smallest absolute Gasteiger partial charge is 0.241 e. The van der Waals surface area contributed by atoms with Gasteiger partial charge in [-0.25, -0.2) is 4.98 Å². The third-order valence-corrected chi connectivity index (χ3v) is 4.32. The van der Waals surface area contributed by atoms with Crippen LogP contribution < -0.4 is 15.8 Å². The van der Waals surface area contributed by atoms with Crippen LogP contribution >= 0.6 is 0 Å². The number of hydrogen-bond acceptors (Lipinski definition) is 5. The predicted octanol–water partition coefficient (Wildman–Crippen LogP) is 3.32. The minimum Gasteiger partial charge on any atom is -0.439 e. The number of aromatic nitrogens is 1. The zero-order valence-corrected chi connectivity index (χ0v) is 14.7. The van der Waals surface area contributed by atoms with E-state index >= 15 is 0 Å². The van der Waals surface area contributed by atoms with Gasteiger partial charge in [-0.05, 0) is 49.6 Å². The van der Waals surface area contributed by atoms with E-state index in [2.05, 4.69) is 10.3 Å². The number of pyridine rings is 1. The molecule has 132 valence electrons. The number of nitrogens with zero attached hydrogens (tertiary/aromatic N) is 1. The van der Waals surface area contributed by atoms with Gasteiger partial charge in [-0.3, -0.25) is 4.79 Å². The summed E-state index contributed by atoms with van der Waals surface area (Å²) >= 11 is 0. The van der Waals surface area contributed by atoms with Gasteiger partial charge in [0.15, 0.2) is 0 Å². The van der Waals surface area contributed by atoms with E-state index in [9.17, 15) is 4.79 Å². The number of hydrogen-bond donors (Lipinski definition) is 2. The summed E-state index contributed by atoms with van der Waals surface area (Å²) in [4.78, 5) is 16.0. The van der Waals surface area contributed by atoms with E-state index in [1.807, 2.05) is 39.0 Å². The van der Waals surface area contributed by atoms with E-state index in [1.54, 1.807) is 18.3 Å². The van der Waals surface area contributed by atoms with E-state index in [1.165, 1.54) is 5.56 Å². The minimum absolute atomic E-state index is 0.223. The summed E-state index contributed by atoms with van der Waals surface area (Å²) in [6, 6.07) is 8.83. The number of carbonyl (C=O) groups excluding carboxylic acids is 1. The van der Waals surface area contributed by atoms with Gasteiger partial charge in [0.2, 0.25) is 11.8 Å². The number of benzene rings is 1. The lowest BCUT2D eigenvalue weighted by Gasteiger charge is -2.18. The first-order valence-electron chi connectivity index (χ1n) is 8.37. The zero-order chi connectivity index (χ0) is 18.0. The monoisotopic (exact) mass is 341 g/mol. The van der Waals surface area contributed by atoms with Gasteiger partial charge in [0, 0.05) is 6.07 Å². The molecule has 0 fully saturated rings. The van der Waals surface area contributed by atoms with Gasteiger partial charge in [-0.1, -0.05) is 13.0 Å². The average Bonchev–Trinajstić information content (AvgIpc) is 2.90. The number of fused-ring (bicyclic) bond motifs is 1. The predicted molar refractivity (Wildman–Crippen MR) is 95.5 cm³/mol. The van der Waals surface area contributed by atoms with Crippen LogP contribution in [-0.2, 0) is 21.7 Å². The average molecular weight is 341 g/mol. The molecule has 6 nitrogen and oxygen atoms in total. The molecule has 0 radical (unpaired) electrons. The molecule has 2 heterocycles. The molecule has 1 aromatic carbocycles. The molecule has 1 atom stereocenters. The van der Waals surface area contributed by atoms with Gasteiger partial charge in [-0.15, -0.1) is 0 Å². The number of amides is 1. The van der Waals surface area contributed by atoms with E-state index in [-0.39, 0.29) is 11.5 Å². The highest BCUT2D eigenvalue weighted by atomic mass is 16.5. The Balaban J connectivity index is 1.69. The third-order valence-electron chi connectivity index (χ3n) is 4.32. The largest absolute Gasteiger partial charge is 0.439 e. The van der Waals surface area contributed by atoms with Gasteiger partial charge < -0.3 is 20.5 Å². The van der Waals surface area contributed by atoms with Crippen molar-refractivity contribution in [3.8, 4) is 11.6 Å². The molecule has 1 unspecified atom stereocenters. The summed E-state index contributed by atoms with van der Waals surface area (Å²) in [6.07, 6.45) is 2.13. The Hall–Kier alpha value is -2.44. The van der Waals surface area contributed by atoms with Crippen LogP contribution in [0.4, 0.5) is 5.69 Å². The molecule has 3 N–H and O–H groups in total. The molecule has 3 rings (SSSR count). The number of ether oxygens (including phenoxy) is 2. The first-order valence-corrected chi connectivity index (χ1v) is 8.37. The van der Waals surface area contributed by atoms with Crippen LogP contribution in [0.3, 0.4) is 0 Å². The second-order valence-electron chi connectivity index (χ2n) is 6.61. The number of nitrogens with one attached hydrogen (secondary N) is 1. The standard InChI is InChI=1S/C19H23N3O3/c1-4-16(20)18(23)22-13-6-8-17(21-10-13)25-14-7-5-12-11-24-19(2,3)15(12)9-14/h5-10,16H,4,11,20H2,1-3H3,(H,22,23). The highest BCUT2D eigenvalue weighted by Crippen LogP contribution is 2.38. The van der Waals surface area contributed by atoms with Gasteiger partial charge in [0.25, 0.3) is 0 Å². The third kappa shape index (κ3) is 3.81. The molecule has 1 amide bonds. The fourth-order valence-corrected chi connectivity index (χ4v) is 2.70. The number of carbonyl (C=O) groups is 1. The highest BCUT2D eigenvalue weighted by Gasteiger charge is 2.31. The Morgan fingerprint density at radius 2 is 2.20 bits per heavy atom. The van der Waals surface area contributed by atoms with Crippen molar-refractivity contribution < 1.29 is 14.3 Å². The van der Waals surface area contributed by atoms with Gasteiger partial charge >= 0.3 is 0 Å². The number of anilines is 1. The number of rotatable bonds is 5. The molecule has 1 aliphatic rings. The van der Waals surface area contributed by atoms with Crippen LogP contribution in [0.1, 0.15) is 38.3 Å². The van der Waals surface area contributed by atoms with E-state index in [0.29, 0.717) is 30.3 Å². The second kappa shape index (κ2) is 6.82. The van der Waals surface area contributed by atoms with Crippen LogP contribution in [0.15, 0.2) is 36.5 Å². The molecular formula is C19H23N3O3. The van der Waals surface area contributed by atoms with Crippen LogP contribution in [0.5, 0.6) is 11.6 Å². The van der Waals surface area contributed by atoms with E-state index < -0.39 is 6.04 Å². The summed E-state index contributed by atoms with van der Waals surface area (Å²) < 4.78 is 11.6. The maximum Gasteiger partial charge on any atom is 0.241 e. The van der Waals surface area contributed by atoms with Crippen molar-refractivity contribution >= 4 is 11.6 Å². The van der Waals surface area contributed by atoms with Crippen molar-refractivity contribution in [2.24, 2.45) is 5.73 Å². The Kier molecular flexibility index (Phi) is 4.74. The Morgan fingerprint density at radius 1 is 1.40 bits per heavy atom. The number of nitrogens with two attached hydrogens (primary N) is 1. The Morgan fingerprint density at radius 3 is 2.88 bits per heavy atom. The second-order valence-corrected chi connectivity index (χ2v) is 6.61. The summed E-state index contributed by atoms with van der Waals surface area (Å²) in [5.74, 6) is 0.933. The molecule has 0 aliphatic carbocycles. The van der Waals surface area contributed by atoms with Crippen LogP contribution in [0.2, 0.25) is 0 Å². The van der Waals surface area contributed by atoms with Crippen molar-refractivity contribution in [3.63, 3.8) is 0 Å². The Labute approximate surface area is 147 Å². The quantitative estimate of drug-likeness (QED) is 0.871. The van der Waals surface area contributed by atoms with Crippen molar-refractivity contribution in [1.29, 1.82) is 0 Å². The van der Waals surface area contributed by atoms with Crippen molar-refractivity contribution in [2.45, 2.75) is 45.4 Å². The maximum atomic E-state index is 11.8. The summed E-state index contributed by atoms with van der Waals surface area (Å²) in [5, 5.41) is 2.73. The summed E-state index contributed by atoms with van der Waals surface area (Å²) in [5.41, 5.74) is 8.28. The van der Waals surface area contributed by atoms with Crippen molar-refractivity contribution in [3.05, 3.63) is 47.7 Å². The molecular weight excluding hydrogens is 318 g/mol. The lowest BCUT2D eigenvalue weighted by atomic mass is 9.96. The molecule has 6 heteroatoms. The van der Waals surface area contributed by atoms with E-state index in [0.717, 1.165) is 5.56 Å². The normalized spacial score (nSPS) is 16.2. The SMILES string of the molecule is CCC(N)C(=O)Nc1ccc(Oc2ccc3c(c2)C(C)(C)OC3)nc1. The first kappa shape index (κ1) is 17.4. The molecule has 0 saturated heterocycles. The van der Waals surface area contributed by atoms with Crippen molar-refractivity contribution in [1.82, 2.24) is 4.98 Å². The summed E-state index contributed by atoms with van der Waals surface area (Å²) in [7, 11) is 0. The fraction of sp³-hybridized carbons (Fsp3) is 0.368. The highest BCUT2D eigenvalue weighted by molar-refractivity contribution is 5.94. The summed E-state index contributed by atoms with van der Waals surface area (Å²) in [6.45, 7) is 6.57. The topological polar surface area (TPSA) is 86.5 Å². The minimum atomic E-state index is -0.520. The molecule has 1 aromatic heterocycles. The van der Waals surface area contributed by atoms with Gasteiger partial charge in [0.05, 0.1) is 30.1 Å². The van der Waals surface area contributed by atoms with Gasteiger partial charge in [0.1, 0.15) is 5.75 Å². The van der Waals surface area contributed by atoms with Crippen molar-refractivity contribution in [2.75, 3.05) is 5.32 Å².